The molecule has 1 N–H and O–H groups in total. The zero-order chi connectivity index (χ0) is 20.0. The van der Waals surface area contributed by atoms with Crippen molar-refractivity contribution in [1.82, 2.24) is 0 Å². The molecule has 4 nitrogen and oxygen atoms in total. The lowest BCUT2D eigenvalue weighted by atomic mass is 10.1. The van der Waals surface area contributed by atoms with Crippen LogP contribution < -0.4 is 10.1 Å². The molecule has 0 spiro atoms. The monoisotopic (exact) mass is 440 g/mol. The number of rotatable bonds is 6. The fourth-order valence-electron chi connectivity index (χ4n) is 2.05. The second-order valence-electron chi connectivity index (χ2n) is 5.14. The van der Waals surface area contributed by atoms with Gasteiger partial charge in [-0.15, -0.1) is 0 Å². The number of carbonyl (C=O) groups excluding carboxylic acids is 1. The van der Waals surface area contributed by atoms with Gasteiger partial charge in [0.2, 0.25) is 0 Å². The fourth-order valence-corrected chi connectivity index (χ4v) is 3.01. The lowest BCUT2D eigenvalue weighted by Gasteiger charge is -2.10. The van der Waals surface area contributed by atoms with Crippen LogP contribution in [0.3, 0.4) is 0 Å². The van der Waals surface area contributed by atoms with Crippen LogP contribution in [0.25, 0.3) is 6.08 Å². The van der Waals surface area contributed by atoms with E-state index in [1.807, 2.05) is 6.07 Å². The fraction of sp³-hybridized carbons (Fsp3) is 0.0526. The molecule has 1 amide bonds. The van der Waals surface area contributed by atoms with Crippen molar-refractivity contribution in [3.8, 4) is 11.8 Å². The Morgan fingerprint density at radius 2 is 1.85 bits per heavy atom. The first-order valence-electron chi connectivity index (χ1n) is 7.47. The number of nitrogens with one attached hydrogen (secondary N) is 1. The molecule has 0 fully saturated rings. The molecule has 0 saturated heterocycles. The molecule has 2 aromatic carbocycles. The predicted molar refractivity (Wildman–Crippen MR) is 111 cm³/mol. The van der Waals surface area contributed by atoms with Crippen LogP contribution in [-0.2, 0) is 4.79 Å². The lowest BCUT2D eigenvalue weighted by Crippen LogP contribution is -2.13. The summed E-state index contributed by atoms with van der Waals surface area (Å²) in [6, 6.07) is 9.68. The van der Waals surface area contributed by atoms with Crippen LogP contribution >= 0.6 is 46.4 Å². The minimum atomic E-state index is -0.652. The van der Waals surface area contributed by atoms with Crippen molar-refractivity contribution in [3.05, 3.63) is 74.2 Å². The summed E-state index contributed by atoms with van der Waals surface area (Å²) in [4.78, 5) is 12.4. The van der Waals surface area contributed by atoms with Gasteiger partial charge in [-0.3, -0.25) is 4.79 Å². The van der Waals surface area contributed by atoms with Crippen molar-refractivity contribution in [2.45, 2.75) is 0 Å². The lowest BCUT2D eigenvalue weighted by molar-refractivity contribution is -0.112. The predicted octanol–water partition coefficient (Wildman–Crippen LogP) is 6.41. The molecule has 0 heterocycles. The van der Waals surface area contributed by atoms with Crippen LogP contribution in [0.5, 0.6) is 5.75 Å². The minimum Gasteiger partial charge on any atom is -0.486 e. The SMILES string of the molecule is C=CCOc1c(Cl)cc(/C=C(/C#N)C(=O)Nc2cccc(Cl)c2Cl)cc1Cl. The summed E-state index contributed by atoms with van der Waals surface area (Å²) in [7, 11) is 0. The Kier molecular flexibility index (Phi) is 7.58. The zero-order valence-corrected chi connectivity index (χ0v) is 16.8. The molecule has 0 bridgehead atoms. The van der Waals surface area contributed by atoms with Gasteiger partial charge in [-0.1, -0.05) is 65.1 Å². The average Bonchev–Trinajstić information content (AvgIpc) is 2.62. The number of anilines is 1. The summed E-state index contributed by atoms with van der Waals surface area (Å²) in [5, 5.41) is 12.8. The van der Waals surface area contributed by atoms with Gasteiger partial charge in [-0.25, -0.2) is 0 Å². The molecule has 138 valence electrons. The van der Waals surface area contributed by atoms with E-state index in [1.54, 1.807) is 24.3 Å². The Labute approximate surface area is 176 Å². The first-order chi connectivity index (χ1) is 12.9. The van der Waals surface area contributed by atoms with Crippen molar-refractivity contribution >= 4 is 64.1 Å². The van der Waals surface area contributed by atoms with Gasteiger partial charge in [-0.2, -0.15) is 5.26 Å². The van der Waals surface area contributed by atoms with Crippen LogP contribution in [-0.4, -0.2) is 12.5 Å². The number of hydrogen-bond acceptors (Lipinski definition) is 3. The summed E-state index contributed by atoms with van der Waals surface area (Å²) >= 11 is 24.3. The van der Waals surface area contributed by atoms with Gasteiger partial charge in [0.1, 0.15) is 18.2 Å². The summed E-state index contributed by atoms with van der Waals surface area (Å²) in [5.74, 6) is -0.357. The van der Waals surface area contributed by atoms with E-state index in [9.17, 15) is 10.1 Å². The number of benzene rings is 2. The van der Waals surface area contributed by atoms with Crippen molar-refractivity contribution < 1.29 is 9.53 Å². The number of halogens is 4. The van der Waals surface area contributed by atoms with E-state index in [0.29, 0.717) is 17.0 Å². The quantitative estimate of drug-likeness (QED) is 0.320. The zero-order valence-electron chi connectivity index (χ0n) is 13.7. The van der Waals surface area contributed by atoms with Crippen LogP contribution in [0, 0.1) is 11.3 Å². The third-order valence-electron chi connectivity index (χ3n) is 3.24. The van der Waals surface area contributed by atoms with E-state index in [0.717, 1.165) is 0 Å². The molecule has 0 saturated carbocycles. The molecule has 27 heavy (non-hydrogen) atoms. The molecule has 0 unspecified atom stereocenters. The molecular weight excluding hydrogens is 430 g/mol. The highest BCUT2D eigenvalue weighted by Crippen LogP contribution is 2.35. The highest BCUT2D eigenvalue weighted by atomic mass is 35.5. The third kappa shape index (κ3) is 5.41. The standard InChI is InChI=1S/C19H12Cl4N2O2/c1-2-6-27-18-14(21)8-11(9-15(18)22)7-12(10-24)19(26)25-16-5-3-4-13(20)17(16)23/h2-5,7-9H,1,6H2,(H,25,26)/b12-7-. The van der Waals surface area contributed by atoms with E-state index >= 15 is 0 Å². The van der Waals surface area contributed by atoms with Crippen molar-refractivity contribution in [1.29, 1.82) is 5.26 Å². The van der Waals surface area contributed by atoms with Crippen molar-refractivity contribution in [2.75, 3.05) is 11.9 Å². The average molecular weight is 442 g/mol. The molecule has 0 aromatic heterocycles. The maximum absolute atomic E-state index is 12.4. The van der Waals surface area contributed by atoms with Gasteiger partial charge in [-0.05, 0) is 35.9 Å². The number of nitrogens with zero attached hydrogens (tertiary/aromatic N) is 1. The van der Waals surface area contributed by atoms with Crippen molar-refractivity contribution in [3.63, 3.8) is 0 Å². The van der Waals surface area contributed by atoms with Crippen LogP contribution in [0.15, 0.2) is 48.6 Å². The molecule has 2 aromatic rings. The Morgan fingerprint density at radius 3 is 2.44 bits per heavy atom. The number of amides is 1. The van der Waals surface area contributed by atoms with Crippen molar-refractivity contribution in [2.24, 2.45) is 0 Å². The molecule has 8 heteroatoms. The van der Waals surface area contributed by atoms with E-state index in [4.69, 9.17) is 51.1 Å². The Balaban J connectivity index is 2.30. The Morgan fingerprint density at radius 1 is 1.19 bits per heavy atom. The van der Waals surface area contributed by atoms with E-state index < -0.39 is 5.91 Å². The second kappa shape index (κ2) is 9.68. The number of ether oxygens (including phenoxy) is 1. The third-order valence-corrected chi connectivity index (χ3v) is 4.62. The molecular formula is C19H12Cl4N2O2. The Bertz CT molecular complexity index is 942. The smallest absolute Gasteiger partial charge is 0.266 e. The topological polar surface area (TPSA) is 62.1 Å². The summed E-state index contributed by atoms with van der Waals surface area (Å²) in [5.41, 5.74) is 0.581. The first-order valence-corrected chi connectivity index (χ1v) is 8.98. The maximum Gasteiger partial charge on any atom is 0.266 e. The highest BCUT2D eigenvalue weighted by Gasteiger charge is 2.14. The normalized spacial score (nSPS) is 10.9. The first kappa shape index (κ1) is 21.1. The van der Waals surface area contributed by atoms with Crippen LogP contribution in [0.1, 0.15) is 5.56 Å². The van der Waals surface area contributed by atoms with Gasteiger partial charge in [0, 0.05) is 0 Å². The molecule has 0 aliphatic heterocycles. The van der Waals surface area contributed by atoms with Gasteiger partial charge in [0.15, 0.2) is 5.75 Å². The van der Waals surface area contributed by atoms with Crippen LogP contribution in [0.4, 0.5) is 5.69 Å². The second-order valence-corrected chi connectivity index (χ2v) is 6.74. The summed E-state index contributed by atoms with van der Waals surface area (Å²) in [6.45, 7) is 3.79. The minimum absolute atomic E-state index is 0.169. The van der Waals surface area contributed by atoms with Gasteiger partial charge < -0.3 is 10.1 Å². The van der Waals surface area contributed by atoms with Crippen LogP contribution in [0.2, 0.25) is 20.1 Å². The highest BCUT2D eigenvalue weighted by molar-refractivity contribution is 6.44. The van der Waals surface area contributed by atoms with Gasteiger partial charge in [0.25, 0.3) is 5.91 Å². The maximum atomic E-state index is 12.4. The summed E-state index contributed by atoms with van der Waals surface area (Å²) in [6.07, 6.45) is 2.91. The van der Waals surface area contributed by atoms with E-state index in [1.165, 1.54) is 18.2 Å². The number of nitriles is 1. The number of hydrogen-bond donors (Lipinski definition) is 1. The molecule has 0 radical (unpaired) electrons. The largest absolute Gasteiger partial charge is 0.486 e. The number of carbonyl (C=O) groups is 1. The molecule has 0 aliphatic carbocycles. The van der Waals surface area contributed by atoms with Gasteiger partial charge >= 0.3 is 0 Å². The molecule has 2 rings (SSSR count). The van der Waals surface area contributed by atoms with E-state index in [-0.39, 0.29) is 32.3 Å². The Hall–Kier alpha value is -2.16. The molecule has 0 aliphatic rings. The molecule has 0 atom stereocenters. The summed E-state index contributed by atoms with van der Waals surface area (Å²) < 4.78 is 5.38. The van der Waals surface area contributed by atoms with Gasteiger partial charge in [0.05, 0.1) is 25.8 Å². The van der Waals surface area contributed by atoms with E-state index in [2.05, 4.69) is 11.9 Å².